The van der Waals surface area contributed by atoms with Crippen LogP contribution in [0.1, 0.15) is 239 Å². The summed E-state index contributed by atoms with van der Waals surface area (Å²) in [5.41, 5.74) is 0. The average molecular weight is 845 g/mol. The van der Waals surface area contributed by atoms with Gasteiger partial charge in [-0.05, 0) is 38.5 Å². The second kappa shape index (κ2) is 42.9. The highest BCUT2D eigenvalue weighted by Crippen LogP contribution is 2.43. The fourth-order valence-corrected chi connectivity index (χ4v) is 7.94. The summed E-state index contributed by atoms with van der Waals surface area (Å²) >= 11 is 0. The van der Waals surface area contributed by atoms with Crippen molar-refractivity contribution in [2.24, 2.45) is 0 Å². The third-order valence-corrected chi connectivity index (χ3v) is 12.1. The Morgan fingerprint density at radius 2 is 0.897 bits per heavy atom. The van der Waals surface area contributed by atoms with Gasteiger partial charge in [-0.15, -0.1) is 0 Å². The van der Waals surface area contributed by atoms with Gasteiger partial charge in [-0.2, -0.15) is 0 Å². The Kier molecular flexibility index (Phi) is 42.3. The van der Waals surface area contributed by atoms with Crippen LogP contribution in [0.5, 0.6) is 0 Å². The average Bonchev–Trinajstić information content (AvgIpc) is 3.18. The zero-order valence-corrected chi connectivity index (χ0v) is 40.2. The summed E-state index contributed by atoms with van der Waals surface area (Å²) < 4.78 is 35.1. The number of phosphoric ester groups is 1. The molecular formula is C49H99NO7P+. The SMILES string of the molecule is CCCCCCCCC/C=C\CCCCCCCC(=O)OC(COCCCCCCCCCCCCCCCCCCCCCC)COP(=O)(O)OCC[N+](C)(C)C. The molecule has 1 N–H and O–H groups in total. The predicted octanol–water partition coefficient (Wildman–Crippen LogP) is 15.0. The number of unbranched alkanes of at least 4 members (excludes halogenated alkanes) is 31. The number of allylic oxidation sites excluding steroid dienone is 2. The lowest BCUT2D eigenvalue weighted by Crippen LogP contribution is -2.37. The number of likely N-dealkylation sites (N-methyl/N-ethyl adjacent to an activating group) is 1. The largest absolute Gasteiger partial charge is 0.472 e. The second-order valence-electron chi connectivity index (χ2n) is 18.2. The van der Waals surface area contributed by atoms with E-state index in [9.17, 15) is 14.3 Å². The molecule has 0 saturated carbocycles. The van der Waals surface area contributed by atoms with Crippen molar-refractivity contribution in [2.45, 2.75) is 245 Å². The Morgan fingerprint density at radius 1 is 0.517 bits per heavy atom. The quantitative estimate of drug-likeness (QED) is 0.0214. The second-order valence-corrected chi connectivity index (χ2v) is 19.7. The minimum Gasteiger partial charge on any atom is -0.457 e. The van der Waals surface area contributed by atoms with E-state index in [2.05, 4.69) is 26.0 Å². The molecule has 0 aliphatic heterocycles. The summed E-state index contributed by atoms with van der Waals surface area (Å²) in [7, 11) is 1.68. The van der Waals surface area contributed by atoms with E-state index in [1.54, 1.807) is 0 Å². The van der Waals surface area contributed by atoms with E-state index >= 15 is 0 Å². The number of carbonyl (C=O) groups is 1. The van der Waals surface area contributed by atoms with Gasteiger partial charge in [-0.1, -0.05) is 206 Å². The number of nitrogens with zero attached hydrogens (tertiary/aromatic N) is 1. The van der Waals surface area contributed by atoms with Gasteiger partial charge >= 0.3 is 13.8 Å². The van der Waals surface area contributed by atoms with Crippen LogP contribution in [0.4, 0.5) is 0 Å². The number of esters is 1. The van der Waals surface area contributed by atoms with Crippen LogP contribution < -0.4 is 0 Å². The van der Waals surface area contributed by atoms with Gasteiger partial charge in [0.1, 0.15) is 19.3 Å². The number of hydrogen-bond donors (Lipinski definition) is 1. The predicted molar refractivity (Wildman–Crippen MR) is 247 cm³/mol. The molecule has 0 aliphatic carbocycles. The molecule has 0 aliphatic rings. The number of ether oxygens (including phenoxy) is 2. The molecule has 0 aromatic rings. The highest BCUT2D eigenvalue weighted by atomic mass is 31.2. The molecule has 0 spiro atoms. The fraction of sp³-hybridized carbons (Fsp3) is 0.939. The first kappa shape index (κ1) is 57.2. The zero-order chi connectivity index (χ0) is 42.7. The van der Waals surface area contributed by atoms with Crippen molar-refractivity contribution in [3.63, 3.8) is 0 Å². The molecule has 0 rings (SSSR count). The lowest BCUT2D eigenvalue weighted by molar-refractivity contribution is -0.870. The van der Waals surface area contributed by atoms with Crippen LogP contribution in [0.2, 0.25) is 0 Å². The van der Waals surface area contributed by atoms with Gasteiger partial charge < -0.3 is 18.9 Å². The minimum atomic E-state index is -4.27. The highest BCUT2D eigenvalue weighted by molar-refractivity contribution is 7.47. The monoisotopic (exact) mass is 845 g/mol. The molecule has 346 valence electrons. The van der Waals surface area contributed by atoms with Crippen molar-refractivity contribution in [1.82, 2.24) is 0 Å². The van der Waals surface area contributed by atoms with Gasteiger partial charge in [0.05, 0.1) is 34.4 Å². The van der Waals surface area contributed by atoms with Crippen molar-refractivity contribution in [3.8, 4) is 0 Å². The number of rotatable bonds is 47. The van der Waals surface area contributed by atoms with Crippen LogP contribution in [0.25, 0.3) is 0 Å². The first-order valence-electron chi connectivity index (χ1n) is 24.9. The molecule has 2 atom stereocenters. The normalized spacial score (nSPS) is 13.7. The lowest BCUT2D eigenvalue weighted by atomic mass is 10.0. The number of hydrogen-bond acceptors (Lipinski definition) is 6. The van der Waals surface area contributed by atoms with Crippen molar-refractivity contribution < 1.29 is 37.3 Å². The van der Waals surface area contributed by atoms with E-state index < -0.39 is 13.9 Å². The molecule has 9 heteroatoms. The molecule has 58 heavy (non-hydrogen) atoms. The number of quaternary nitrogens is 1. The van der Waals surface area contributed by atoms with Crippen molar-refractivity contribution >= 4 is 13.8 Å². The van der Waals surface area contributed by atoms with Gasteiger partial charge in [-0.3, -0.25) is 13.8 Å². The Morgan fingerprint density at radius 3 is 1.31 bits per heavy atom. The lowest BCUT2D eigenvalue weighted by Gasteiger charge is -2.24. The molecular weight excluding hydrogens is 746 g/mol. The molecule has 0 saturated heterocycles. The summed E-state index contributed by atoms with van der Waals surface area (Å²) in [6, 6.07) is 0. The number of carbonyl (C=O) groups excluding carboxylic acids is 1. The van der Waals surface area contributed by atoms with E-state index in [1.807, 2.05) is 21.1 Å². The summed E-state index contributed by atoms with van der Waals surface area (Å²) in [4.78, 5) is 22.9. The smallest absolute Gasteiger partial charge is 0.457 e. The van der Waals surface area contributed by atoms with E-state index in [0.717, 1.165) is 38.5 Å². The van der Waals surface area contributed by atoms with Crippen LogP contribution in [0.3, 0.4) is 0 Å². The Hall–Kier alpha value is -0.760. The molecule has 0 radical (unpaired) electrons. The van der Waals surface area contributed by atoms with Gasteiger partial charge in [0, 0.05) is 13.0 Å². The van der Waals surface area contributed by atoms with Crippen molar-refractivity contribution in [1.29, 1.82) is 0 Å². The first-order chi connectivity index (χ1) is 28.1. The standard InChI is InChI=1S/C49H98NO7P/c1-6-8-10-12-14-16-18-20-22-24-25-26-27-29-31-33-35-37-39-41-44-54-46-48(47-56-58(52,53)55-45-43-50(3,4)5)57-49(51)42-40-38-36-34-32-30-28-23-21-19-17-15-13-11-9-7-2/h23,28,48H,6-22,24-27,29-47H2,1-5H3/p+1/b28-23-. The minimum absolute atomic E-state index is 0.0905. The fourth-order valence-electron chi connectivity index (χ4n) is 7.20. The van der Waals surface area contributed by atoms with Gasteiger partial charge in [0.2, 0.25) is 0 Å². The van der Waals surface area contributed by atoms with Crippen LogP contribution in [0.15, 0.2) is 12.2 Å². The molecule has 0 bridgehead atoms. The molecule has 0 aromatic heterocycles. The zero-order valence-electron chi connectivity index (χ0n) is 39.3. The first-order valence-corrected chi connectivity index (χ1v) is 26.4. The Labute approximate surface area is 360 Å². The summed E-state index contributed by atoms with van der Waals surface area (Å²) in [5, 5.41) is 0. The van der Waals surface area contributed by atoms with E-state index in [-0.39, 0.29) is 25.8 Å². The number of phosphoric acid groups is 1. The summed E-state index contributed by atoms with van der Waals surface area (Å²) in [6.07, 6.45) is 48.2. The summed E-state index contributed by atoms with van der Waals surface area (Å²) in [5.74, 6) is -0.317. The van der Waals surface area contributed by atoms with Crippen LogP contribution in [-0.4, -0.2) is 75.6 Å². The van der Waals surface area contributed by atoms with Gasteiger partial charge in [0.25, 0.3) is 0 Å². The van der Waals surface area contributed by atoms with E-state index in [4.69, 9.17) is 18.5 Å². The van der Waals surface area contributed by atoms with Crippen LogP contribution >= 0.6 is 7.82 Å². The topological polar surface area (TPSA) is 91.3 Å². The maximum absolute atomic E-state index is 12.7. The molecule has 8 nitrogen and oxygen atoms in total. The maximum atomic E-state index is 12.7. The van der Waals surface area contributed by atoms with Crippen LogP contribution in [0, 0.1) is 0 Å². The molecule has 0 heterocycles. The van der Waals surface area contributed by atoms with E-state index in [1.165, 1.54) is 180 Å². The third kappa shape index (κ3) is 46.3. The van der Waals surface area contributed by atoms with Gasteiger partial charge in [0.15, 0.2) is 0 Å². The Bertz CT molecular complexity index is 940. The molecule has 2 unspecified atom stereocenters. The molecule has 0 aromatic carbocycles. The highest BCUT2D eigenvalue weighted by Gasteiger charge is 2.26. The van der Waals surface area contributed by atoms with E-state index in [0.29, 0.717) is 24.1 Å². The van der Waals surface area contributed by atoms with Gasteiger partial charge in [-0.25, -0.2) is 4.57 Å². The summed E-state index contributed by atoms with van der Waals surface area (Å²) in [6.45, 7) is 5.67. The maximum Gasteiger partial charge on any atom is 0.472 e. The van der Waals surface area contributed by atoms with Crippen molar-refractivity contribution in [2.75, 3.05) is 54.1 Å². The molecule has 0 amide bonds. The Balaban J connectivity index is 4.12. The molecule has 0 fully saturated rings. The third-order valence-electron chi connectivity index (χ3n) is 11.1. The van der Waals surface area contributed by atoms with Crippen molar-refractivity contribution in [3.05, 3.63) is 12.2 Å². The van der Waals surface area contributed by atoms with Crippen LogP contribution in [-0.2, 0) is 27.9 Å².